The summed E-state index contributed by atoms with van der Waals surface area (Å²) in [6, 6.07) is 16.4. The first-order valence-corrected chi connectivity index (χ1v) is 10.6. The minimum absolute atomic E-state index is 0.107. The predicted molar refractivity (Wildman–Crippen MR) is 119 cm³/mol. The van der Waals surface area contributed by atoms with Gasteiger partial charge in [0, 0.05) is 33.6 Å². The van der Waals surface area contributed by atoms with E-state index in [1.54, 1.807) is 26.1 Å². The number of hydrogen-bond donors (Lipinski definition) is 0. The van der Waals surface area contributed by atoms with E-state index in [1.807, 2.05) is 36.1 Å². The minimum Gasteiger partial charge on any atom is -0.497 e. The first kappa shape index (κ1) is 21.9. The Balaban J connectivity index is 1.83. The molecule has 160 valence electrons. The standard InChI is InChI=1S/C25H32N2O3/c1-5-23(28)27-16-6-15-25(18-27,24(29)26(2)3)17-19-7-9-20(10-8-19)21-11-13-22(30-4)14-12-21/h7-14H,5-6,15-18H2,1-4H3/t25-/m1/s1. The Hall–Kier alpha value is -2.82. The molecule has 2 aromatic rings. The second kappa shape index (κ2) is 9.33. The maximum atomic E-state index is 13.2. The van der Waals surface area contributed by atoms with Gasteiger partial charge in [0.25, 0.3) is 0 Å². The van der Waals surface area contributed by atoms with Gasteiger partial charge in [-0.1, -0.05) is 43.3 Å². The summed E-state index contributed by atoms with van der Waals surface area (Å²) < 4.78 is 5.23. The molecule has 30 heavy (non-hydrogen) atoms. The highest BCUT2D eigenvalue weighted by Gasteiger charge is 2.44. The normalized spacial score (nSPS) is 18.7. The molecule has 5 heteroatoms. The van der Waals surface area contributed by atoms with Gasteiger partial charge < -0.3 is 14.5 Å². The number of likely N-dealkylation sites (tertiary alicyclic amines) is 1. The van der Waals surface area contributed by atoms with Crippen molar-refractivity contribution < 1.29 is 14.3 Å². The Morgan fingerprint density at radius 1 is 1.03 bits per heavy atom. The zero-order chi connectivity index (χ0) is 21.7. The average Bonchev–Trinajstić information content (AvgIpc) is 2.78. The summed E-state index contributed by atoms with van der Waals surface area (Å²) in [4.78, 5) is 29.1. The van der Waals surface area contributed by atoms with Crippen molar-refractivity contribution in [1.29, 1.82) is 0 Å². The smallest absolute Gasteiger partial charge is 0.230 e. The Kier molecular flexibility index (Phi) is 6.80. The first-order chi connectivity index (χ1) is 14.4. The van der Waals surface area contributed by atoms with Crippen LogP contribution in [0.3, 0.4) is 0 Å². The Bertz CT molecular complexity index is 874. The fraction of sp³-hybridized carbons (Fsp3) is 0.440. The van der Waals surface area contributed by atoms with E-state index in [4.69, 9.17) is 4.74 Å². The van der Waals surface area contributed by atoms with Crippen LogP contribution in [0.5, 0.6) is 5.75 Å². The van der Waals surface area contributed by atoms with E-state index >= 15 is 0 Å². The molecule has 1 atom stereocenters. The zero-order valence-corrected chi connectivity index (χ0v) is 18.5. The van der Waals surface area contributed by atoms with E-state index in [9.17, 15) is 9.59 Å². The van der Waals surface area contributed by atoms with Gasteiger partial charge in [0.05, 0.1) is 12.5 Å². The highest BCUT2D eigenvalue weighted by atomic mass is 16.5. The topological polar surface area (TPSA) is 49.9 Å². The molecule has 0 N–H and O–H groups in total. The molecule has 1 heterocycles. The van der Waals surface area contributed by atoms with E-state index < -0.39 is 5.41 Å². The minimum atomic E-state index is -0.561. The van der Waals surface area contributed by atoms with Crippen LogP contribution in [-0.2, 0) is 16.0 Å². The Morgan fingerprint density at radius 2 is 1.63 bits per heavy atom. The highest BCUT2D eigenvalue weighted by Crippen LogP contribution is 2.36. The fourth-order valence-electron chi connectivity index (χ4n) is 4.43. The molecule has 2 aromatic carbocycles. The van der Waals surface area contributed by atoms with Gasteiger partial charge in [0.15, 0.2) is 0 Å². The van der Waals surface area contributed by atoms with Gasteiger partial charge in [-0.25, -0.2) is 0 Å². The lowest BCUT2D eigenvalue weighted by Crippen LogP contribution is -2.54. The van der Waals surface area contributed by atoms with Gasteiger partial charge in [-0.3, -0.25) is 9.59 Å². The van der Waals surface area contributed by atoms with Gasteiger partial charge in [-0.15, -0.1) is 0 Å². The summed E-state index contributed by atoms with van der Waals surface area (Å²) in [5.74, 6) is 1.07. The molecule has 1 aliphatic heterocycles. The van der Waals surface area contributed by atoms with Crippen LogP contribution in [0.4, 0.5) is 0 Å². The molecule has 0 unspecified atom stereocenters. The maximum Gasteiger partial charge on any atom is 0.230 e. The molecule has 2 amide bonds. The van der Waals surface area contributed by atoms with Crippen LogP contribution in [0.15, 0.2) is 48.5 Å². The van der Waals surface area contributed by atoms with Crippen molar-refractivity contribution in [1.82, 2.24) is 9.80 Å². The second-order valence-corrected chi connectivity index (χ2v) is 8.35. The maximum absolute atomic E-state index is 13.2. The van der Waals surface area contributed by atoms with E-state index in [2.05, 4.69) is 24.3 Å². The molecular formula is C25H32N2O3. The van der Waals surface area contributed by atoms with Gasteiger partial charge in [0.2, 0.25) is 11.8 Å². The number of benzene rings is 2. The number of amides is 2. The molecule has 1 fully saturated rings. The zero-order valence-electron chi connectivity index (χ0n) is 18.5. The summed E-state index contributed by atoms with van der Waals surface area (Å²) in [7, 11) is 5.27. The number of ether oxygens (including phenoxy) is 1. The second-order valence-electron chi connectivity index (χ2n) is 8.35. The lowest BCUT2D eigenvalue weighted by atomic mass is 9.73. The van der Waals surface area contributed by atoms with Crippen molar-refractivity contribution in [3.63, 3.8) is 0 Å². The van der Waals surface area contributed by atoms with E-state index in [0.29, 0.717) is 19.4 Å². The van der Waals surface area contributed by atoms with Crippen molar-refractivity contribution in [2.75, 3.05) is 34.3 Å². The van der Waals surface area contributed by atoms with Crippen LogP contribution in [0.2, 0.25) is 0 Å². The third-order valence-electron chi connectivity index (χ3n) is 6.01. The predicted octanol–water partition coefficient (Wildman–Crippen LogP) is 4.01. The molecule has 0 radical (unpaired) electrons. The molecule has 3 rings (SSSR count). The quantitative estimate of drug-likeness (QED) is 0.726. The molecule has 0 bridgehead atoms. The number of nitrogens with zero attached hydrogens (tertiary/aromatic N) is 2. The Labute approximate surface area is 179 Å². The van der Waals surface area contributed by atoms with Crippen LogP contribution in [-0.4, -0.2) is 55.9 Å². The molecule has 0 saturated carbocycles. The number of carbonyl (C=O) groups is 2. The number of methoxy groups -OCH3 is 1. The molecule has 5 nitrogen and oxygen atoms in total. The van der Waals surface area contributed by atoms with Gasteiger partial charge in [-0.2, -0.15) is 0 Å². The number of piperidine rings is 1. The third-order valence-corrected chi connectivity index (χ3v) is 6.01. The summed E-state index contributed by atoms with van der Waals surface area (Å²) in [5.41, 5.74) is 2.81. The van der Waals surface area contributed by atoms with Crippen LogP contribution in [0, 0.1) is 5.41 Å². The molecular weight excluding hydrogens is 376 g/mol. The summed E-state index contributed by atoms with van der Waals surface area (Å²) in [5, 5.41) is 0. The van der Waals surface area contributed by atoms with E-state index in [-0.39, 0.29) is 11.8 Å². The summed E-state index contributed by atoms with van der Waals surface area (Å²) in [6.45, 7) is 3.12. The molecule has 0 aliphatic carbocycles. The van der Waals surface area contributed by atoms with Crippen LogP contribution in [0.25, 0.3) is 11.1 Å². The number of rotatable bonds is 6. The molecule has 1 saturated heterocycles. The summed E-state index contributed by atoms with van der Waals surface area (Å²) in [6.07, 6.45) is 2.77. The third kappa shape index (κ3) is 4.66. The monoisotopic (exact) mass is 408 g/mol. The molecule has 0 spiro atoms. The van der Waals surface area contributed by atoms with Crippen molar-refractivity contribution >= 4 is 11.8 Å². The first-order valence-electron chi connectivity index (χ1n) is 10.6. The summed E-state index contributed by atoms with van der Waals surface area (Å²) >= 11 is 0. The largest absolute Gasteiger partial charge is 0.497 e. The van der Waals surface area contributed by atoms with E-state index in [0.717, 1.165) is 41.8 Å². The Morgan fingerprint density at radius 3 is 2.17 bits per heavy atom. The van der Waals surface area contributed by atoms with Crippen molar-refractivity contribution in [3.05, 3.63) is 54.1 Å². The number of carbonyl (C=O) groups excluding carboxylic acids is 2. The van der Waals surface area contributed by atoms with Crippen LogP contribution in [0.1, 0.15) is 31.7 Å². The lowest BCUT2D eigenvalue weighted by Gasteiger charge is -2.43. The van der Waals surface area contributed by atoms with Crippen LogP contribution < -0.4 is 4.74 Å². The van der Waals surface area contributed by atoms with Gasteiger partial charge in [-0.05, 0) is 48.1 Å². The SMILES string of the molecule is CCC(=O)N1CCC[C@](Cc2ccc(-c3ccc(OC)cc3)cc2)(C(=O)N(C)C)C1. The molecule has 1 aliphatic rings. The van der Waals surface area contributed by atoms with Gasteiger partial charge >= 0.3 is 0 Å². The molecule has 0 aromatic heterocycles. The van der Waals surface area contributed by atoms with Crippen molar-refractivity contribution in [2.24, 2.45) is 5.41 Å². The lowest BCUT2D eigenvalue weighted by molar-refractivity contribution is -0.147. The van der Waals surface area contributed by atoms with Crippen molar-refractivity contribution in [3.8, 4) is 16.9 Å². The fourth-order valence-corrected chi connectivity index (χ4v) is 4.43. The van der Waals surface area contributed by atoms with Crippen LogP contribution >= 0.6 is 0 Å². The van der Waals surface area contributed by atoms with E-state index in [1.165, 1.54) is 0 Å². The highest BCUT2D eigenvalue weighted by molar-refractivity contribution is 5.84. The van der Waals surface area contributed by atoms with Gasteiger partial charge in [0.1, 0.15) is 5.75 Å². The van der Waals surface area contributed by atoms with Crippen molar-refractivity contribution in [2.45, 2.75) is 32.6 Å². The number of hydrogen-bond acceptors (Lipinski definition) is 3. The average molecular weight is 409 g/mol.